The summed E-state index contributed by atoms with van der Waals surface area (Å²) in [6, 6.07) is 14.9. The molecule has 0 aliphatic rings. The van der Waals surface area contributed by atoms with Gasteiger partial charge in [-0.15, -0.1) is 0 Å². The lowest BCUT2D eigenvalue weighted by atomic mass is 10.0. The van der Waals surface area contributed by atoms with E-state index in [2.05, 4.69) is 0 Å². The van der Waals surface area contributed by atoms with Crippen molar-refractivity contribution in [1.29, 1.82) is 0 Å². The van der Waals surface area contributed by atoms with Crippen molar-refractivity contribution < 1.29 is 10.2 Å². The second-order valence-corrected chi connectivity index (χ2v) is 4.09. The minimum Gasteiger partial charge on any atom is -0.508 e. The summed E-state index contributed by atoms with van der Waals surface area (Å²) in [7, 11) is 0. The van der Waals surface area contributed by atoms with E-state index in [0.717, 1.165) is 23.1 Å². The van der Waals surface area contributed by atoms with Crippen molar-refractivity contribution in [2.45, 2.75) is 19.4 Å². The Bertz CT molecular complexity index is 471. The summed E-state index contributed by atoms with van der Waals surface area (Å²) in [5.41, 5.74) is 3.08. The summed E-state index contributed by atoms with van der Waals surface area (Å²) >= 11 is 0. The maximum atomic E-state index is 9.69. The van der Waals surface area contributed by atoms with Crippen molar-refractivity contribution in [3.05, 3.63) is 54.1 Å². The molecule has 2 heteroatoms. The SMILES string of the molecule is CCC(O)c1ccc(-c2ccc(O)cc2)cc1. The summed E-state index contributed by atoms with van der Waals surface area (Å²) in [6.45, 7) is 1.96. The molecule has 0 aliphatic heterocycles. The Morgan fingerprint density at radius 2 is 1.35 bits per heavy atom. The maximum absolute atomic E-state index is 9.69. The number of hydrogen-bond acceptors (Lipinski definition) is 2. The van der Waals surface area contributed by atoms with Crippen molar-refractivity contribution in [3.8, 4) is 16.9 Å². The predicted octanol–water partition coefficient (Wildman–Crippen LogP) is 3.50. The van der Waals surface area contributed by atoms with Crippen molar-refractivity contribution in [1.82, 2.24) is 0 Å². The first-order valence-electron chi connectivity index (χ1n) is 5.78. The van der Waals surface area contributed by atoms with Crippen LogP contribution in [0.4, 0.5) is 0 Å². The topological polar surface area (TPSA) is 40.5 Å². The Kier molecular flexibility index (Phi) is 3.45. The highest BCUT2D eigenvalue weighted by atomic mass is 16.3. The molecule has 0 saturated carbocycles. The van der Waals surface area contributed by atoms with Gasteiger partial charge >= 0.3 is 0 Å². The quantitative estimate of drug-likeness (QED) is 0.844. The van der Waals surface area contributed by atoms with Gasteiger partial charge in [-0.1, -0.05) is 43.3 Å². The molecule has 0 aromatic heterocycles. The monoisotopic (exact) mass is 228 g/mol. The summed E-state index contributed by atoms with van der Waals surface area (Å²) in [4.78, 5) is 0. The molecule has 0 saturated heterocycles. The van der Waals surface area contributed by atoms with Crippen LogP contribution in [0.5, 0.6) is 5.75 Å². The molecule has 0 heterocycles. The zero-order valence-electron chi connectivity index (χ0n) is 9.80. The van der Waals surface area contributed by atoms with Gasteiger partial charge in [0, 0.05) is 0 Å². The lowest BCUT2D eigenvalue weighted by Gasteiger charge is -2.09. The number of aromatic hydroxyl groups is 1. The van der Waals surface area contributed by atoms with E-state index in [4.69, 9.17) is 0 Å². The molecule has 1 atom stereocenters. The third kappa shape index (κ3) is 2.66. The Morgan fingerprint density at radius 3 is 1.82 bits per heavy atom. The fourth-order valence-electron chi connectivity index (χ4n) is 1.79. The number of hydrogen-bond donors (Lipinski definition) is 2. The van der Waals surface area contributed by atoms with Crippen LogP contribution in [0.15, 0.2) is 48.5 Å². The highest BCUT2D eigenvalue weighted by Gasteiger charge is 2.04. The third-order valence-corrected chi connectivity index (χ3v) is 2.88. The lowest BCUT2D eigenvalue weighted by molar-refractivity contribution is 0.173. The molecule has 0 fully saturated rings. The first-order chi connectivity index (χ1) is 8.20. The lowest BCUT2D eigenvalue weighted by Crippen LogP contribution is -1.94. The highest BCUT2D eigenvalue weighted by molar-refractivity contribution is 5.64. The molecule has 0 amide bonds. The Balaban J connectivity index is 2.26. The number of rotatable bonds is 3. The smallest absolute Gasteiger partial charge is 0.115 e. The summed E-state index contributed by atoms with van der Waals surface area (Å²) in [5, 5.41) is 18.9. The first-order valence-corrected chi connectivity index (χ1v) is 5.78. The molecule has 2 rings (SSSR count). The normalized spacial score (nSPS) is 12.4. The van der Waals surface area contributed by atoms with E-state index >= 15 is 0 Å². The van der Waals surface area contributed by atoms with Crippen molar-refractivity contribution in [2.24, 2.45) is 0 Å². The molecular formula is C15H16O2. The summed E-state index contributed by atoms with van der Waals surface area (Å²) < 4.78 is 0. The van der Waals surface area contributed by atoms with Crippen molar-refractivity contribution >= 4 is 0 Å². The second-order valence-electron chi connectivity index (χ2n) is 4.09. The standard InChI is InChI=1S/C15H16O2/c1-2-15(17)13-5-3-11(4-6-13)12-7-9-14(16)10-8-12/h3-10,15-17H,2H2,1H3. The maximum Gasteiger partial charge on any atom is 0.115 e. The van der Waals surface area contributed by atoms with Crippen LogP contribution in [0.1, 0.15) is 25.0 Å². The minimum atomic E-state index is -0.385. The van der Waals surface area contributed by atoms with Crippen LogP contribution >= 0.6 is 0 Å². The van der Waals surface area contributed by atoms with E-state index in [-0.39, 0.29) is 11.9 Å². The number of aliphatic hydroxyl groups excluding tert-OH is 1. The molecule has 2 aromatic carbocycles. The van der Waals surface area contributed by atoms with Crippen LogP contribution in [-0.4, -0.2) is 10.2 Å². The molecule has 0 spiro atoms. The first kappa shape index (κ1) is 11.7. The molecule has 17 heavy (non-hydrogen) atoms. The second kappa shape index (κ2) is 5.02. The van der Waals surface area contributed by atoms with Crippen LogP contribution in [0, 0.1) is 0 Å². The van der Waals surface area contributed by atoms with Gasteiger partial charge in [-0.25, -0.2) is 0 Å². The van der Waals surface area contributed by atoms with E-state index in [0.29, 0.717) is 0 Å². The number of aliphatic hydroxyl groups is 1. The van der Waals surface area contributed by atoms with Gasteiger partial charge in [-0.3, -0.25) is 0 Å². The Morgan fingerprint density at radius 1 is 0.882 bits per heavy atom. The van der Waals surface area contributed by atoms with Crippen LogP contribution in [-0.2, 0) is 0 Å². The largest absolute Gasteiger partial charge is 0.508 e. The van der Waals surface area contributed by atoms with Gasteiger partial charge in [-0.05, 0) is 35.2 Å². The van der Waals surface area contributed by atoms with Crippen LogP contribution in [0.2, 0.25) is 0 Å². The predicted molar refractivity (Wildman–Crippen MR) is 68.8 cm³/mol. The zero-order valence-corrected chi connectivity index (χ0v) is 9.80. The fourth-order valence-corrected chi connectivity index (χ4v) is 1.79. The molecule has 0 aliphatic carbocycles. The van der Waals surface area contributed by atoms with E-state index in [1.54, 1.807) is 12.1 Å². The summed E-state index contributed by atoms with van der Waals surface area (Å²) in [6.07, 6.45) is 0.335. The van der Waals surface area contributed by atoms with Gasteiger partial charge < -0.3 is 10.2 Å². The van der Waals surface area contributed by atoms with Gasteiger partial charge in [0.2, 0.25) is 0 Å². The van der Waals surface area contributed by atoms with E-state index in [9.17, 15) is 10.2 Å². The molecular weight excluding hydrogens is 212 g/mol. The molecule has 0 bridgehead atoms. The summed E-state index contributed by atoms with van der Waals surface area (Å²) in [5.74, 6) is 0.270. The molecule has 88 valence electrons. The molecule has 2 aromatic rings. The number of phenols is 1. The van der Waals surface area contributed by atoms with Gasteiger partial charge in [0.1, 0.15) is 5.75 Å². The van der Waals surface area contributed by atoms with E-state index in [1.807, 2.05) is 43.3 Å². The van der Waals surface area contributed by atoms with Crippen LogP contribution in [0.3, 0.4) is 0 Å². The van der Waals surface area contributed by atoms with Gasteiger partial charge in [-0.2, -0.15) is 0 Å². The van der Waals surface area contributed by atoms with E-state index in [1.165, 1.54) is 0 Å². The van der Waals surface area contributed by atoms with Crippen molar-refractivity contribution in [2.75, 3.05) is 0 Å². The van der Waals surface area contributed by atoms with Crippen LogP contribution < -0.4 is 0 Å². The minimum absolute atomic E-state index is 0.270. The third-order valence-electron chi connectivity index (χ3n) is 2.88. The number of benzene rings is 2. The molecule has 1 unspecified atom stereocenters. The molecule has 2 N–H and O–H groups in total. The zero-order chi connectivity index (χ0) is 12.3. The molecule has 2 nitrogen and oxygen atoms in total. The van der Waals surface area contributed by atoms with Gasteiger partial charge in [0.15, 0.2) is 0 Å². The number of phenolic OH excluding ortho intramolecular Hbond substituents is 1. The van der Waals surface area contributed by atoms with Crippen molar-refractivity contribution in [3.63, 3.8) is 0 Å². The average Bonchev–Trinajstić information content (AvgIpc) is 2.39. The Hall–Kier alpha value is -1.80. The highest BCUT2D eigenvalue weighted by Crippen LogP contribution is 2.24. The van der Waals surface area contributed by atoms with Crippen LogP contribution in [0.25, 0.3) is 11.1 Å². The average molecular weight is 228 g/mol. The Labute approximate surface area is 101 Å². The van der Waals surface area contributed by atoms with Gasteiger partial charge in [0.25, 0.3) is 0 Å². The molecule has 0 radical (unpaired) electrons. The fraction of sp³-hybridized carbons (Fsp3) is 0.200. The van der Waals surface area contributed by atoms with Gasteiger partial charge in [0.05, 0.1) is 6.10 Å². The van der Waals surface area contributed by atoms with E-state index < -0.39 is 0 Å².